The first kappa shape index (κ1) is 32.1. The normalized spacial score (nSPS) is 22.7. The first-order valence-electron chi connectivity index (χ1n) is 14.7. The smallest absolute Gasteiger partial charge is 0.460 e. The summed E-state index contributed by atoms with van der Waals surface area (Å²) in [4.78, 5) is 38.1. The molecule has 0 aliphatic carbocycles. The van der Waals surface area contributed by atoms with Gasteiger partial charge in [-0.3, -0.25) is 4.79 Å². The van der Waals surface area contributed by atoms with E-state index in [0.29, 0.717) is 50.1 Å². The lowest BCUT2D eigenvalue weighted by Crippen LogP contribution is -2.61. The molecule has 0 spiro atoms. The quantitative estimate of drug-likeness (QED) is 0.174. The van der Waals surface area contributed by atoms with Gasteiger partial charge in [0, 0.05) is 23.4 Å². The van der Waals surface area contributed by atoms with Gasteiger partial charge in [0.15, 0.2) is 17.6 Å². The van der Waals surface area contributed by atoms with Crippen molar-refractivity contribution in [2.24, 2.45) is 0 Å². The summed E-state index contributed by atoms with van der Waals surface area (Å²) in [6.45, 7) is 4.91. The molecule has 0 amide bonds. The van der Waals surface area contributed by atoms with Gasteiger partial charge in [0.2, 0.25) is 19.2 Å². The number of carbonyl (C=O) groups excluding carboxylic acids is 3. The molecular formula is C33H32O14. The van der Waals surface area contributed by atoms with Crippen LogP contribution in [0.3, 0.4) is 0 Å². The van der Waals surface area contributed by atoms with Crippen LogP contribution in [-0.4, -0.2) is 77.5 Å². The molecule has 1 unspecified atom stereocenters. The van der Waals surface area contributed by atoms with Gasteiger partial charge >= 0.3 is 18.1 Å². The standard InChI is InChI=1S/C33H32O14/c1-4-7-40-33(39)47-30-29(45-16(3)36)27(37)15(2)44-32(30)46-28-21-9-19(12-35)18(11-34)8-20(21)25(26-22(28)13-41-31(26)38)17-5-6-23-24(10-17)43-14-42-23/h4-6,8-10,15,27,29-30,32,34-35,37H,1,7,11-14H2,2-3H3/t15-,27-,29+,30-,32?/m1/s1. The van der Waals surface area contributed by atoms with Crippen LogP contribution < -0.4 is 14.2 Å². The third kappa shape index (κ3) is 5.91. The summed E-state index contributed by atoms with van der Waals surface area (Å²) in [6.07, 6.45) is -6.75. The predicted molar refractivity (Wildman–Crippen MR) is 159 cm³/mol. The van der Waals surface area contributed by atoms with Crippen molar-refractivity contribution in [2.45, 2.75) is 64.4 Å². The molecule has 3 aliphatic heterocycles. The van der Waals surface area contributed by atoms with Crippen LogP contribution >= 0.6 is 0 Å². The van der Waals surface area contributed by atoms with E-state index in [-0.39, 0.29) is 31.3 Å². The maximum Gasteiger partial charge on any atom is 0.509 e. The van der Waals surface area contributed by atoms with Crippen LogP contribution in [0, 0.1) is 0 Å². The SMILES string of the molecule is C=CCOC(=O)O[C@H]1C(Oc2c3c(c(-c4ccc5c(c4)OCO5)c4cc(CO)c(CO)cc24)C(=O)OC3)O[C@H](C)[C@@H](O)[C@@H]1OC(C)=O. The van der Waals surface area contributed by atoms with Crippen molar-refractivity contribution in [3.05, 3.63) is 65.2 Å². The fourth-order valence-corrected chi connectivity index (χ4v) is 5.92. The first-order chi connectivity index (χ1) is 22.6. The van der Waals surface area contributed by atoms with Crippen molar-refractivity contribution in [3.8, 4) is 28.4 Å². The number of rotatable bonds is 9. The molecule has 3 heterocycles. The number of esters is 2. The lowest BCUT2D eigenvalue weighted by Gasteiger charge is -2.42. The van der Waals surface area contributed by atoms with Crippen LogP contribution in [-0.2, 0) is 48.3 Å². The molecule has 5 atom stereocenters. The summed E-state index contributed by atoms with van der Waals surface area (Å²) in [6, 6.07) is 8.42. The van der Waals surface area contributed by atoms with Gasteiger partial charge in [0.05, 0.1) is 24.9 Å². The van der Waals surface area contributed by atoms with E-state index in [1.165, 1.54) is 13.0 Å². The molecule has 0 bridgehead atoms. The molecule has 3 aromatic rings. The molecule has 3 N–H and O–H groups in total. The maximum absolute atomic E-state index is 13.4. The van der Waals surface area contributed by atoms with Crippen LogP contribution in [0.5, 0.6) is 17.2 Å². The van der Waals surface area contributed by atoms with Crippen LogP contribution in [0.1, 0.15) is 40.9 Å². The minimum atomic E-state index is -1.55. The summed E-state index contributed by atoms with van der Waals surface area (Å²) in [5.41, 5.74) is 2.28. The third-order valence-electron chi connectivity index (χ3n) is 8.08. The number of ether oxygens (including phenoxy) is 8. The number of cyclic esters (lactones) is 1. The van der Waals surface area contributed by atoms with E-state index in [9.17, 15) is 29.7 Å². The summed E-state index contributed by atoms with van der Waals surface area (Å²) in [7, 11) is 0. The van der Waals surface area contributed by atoms with Gasteiger partial charge in [0.25, 0.3) is 0 Å². The van der Waals surface area contributed by atoms with Crippen molar-refractivity contribution in [1.82, 2.24) is 0 Å². The van der Waals surface area contributed by atoms with Crippen LogP contribution in [0.4, 0.5) is 4.79 Å². The van der Waals surface area contributed by atoms with Gasteiger partial charge in [0.1, 0.15) is 25.1 Å². The Morgan fingerprint density at radius 1 is 0.979 bits per heavy atom. The van der Waals surface area contributed by atoms with Crippen molar-refractivity contribution in [1.29, 1.82) is 0 Å². The maximum atomic E-state index is 13.4. The zero-order chi connectivity index (χ0) is 33.4. The molecule has 47 heavy (non-hydrogen) atoms. The van der Waals surface area contributed by atoms with E-state index in [4.69, 9.17) is 37.9 Å². The zero-order valence-electron chi connectivity index (χ0n) is 25.4. The molecule has 3 aliphatic rings. The molecule has 3 aromatic carbocycles. The number of aliphatic hydroxyl groups is 3. The summed E-state index contributed by atoms with van der Waals surface area (Å²) >= 11 is 0. The fraction of sp³-hybridized carbons (Fsp3) is 0.364. The molecule has 248 valence electrons. The second-order valence-electron chi connectivity index (χ2n) is 11.0. The Balaban J connectivity index is 1.55. The van der Waals surface area contributed by atoms with Crippen molar-refractivity contribution in [2.75, 3.05) is 13.4 Å². The minimum Gasteiger partial charge on any atom is -0.460 e. The molecule has 14 heteroatoms. The lowest BCUT2D eigenvalue weighted by molar-refractivity contribution is -0.274. The van der Waals surface area contributed by atoms with Crippen molar-refractivity contribution < 1.29 is 67.6 Å². The summed E-state index contributed by atoms with van der Waals surface area (Å²) < 4.78 is 44.8. The Hall–Kier alpha value is -4.89. The van der Waals surface area contributed by atoms with Crippen LogP contribution in [0.2, 0.25) is 0 Å². The van der Waals surface area contributed by atoms with E-state index in [2.05, 4.69) is 6.58 Å². The topological polar surface area (TPSA) is 186 Å². The van der Waals surface area contributed by atoms with Gasteiger partial charge in [-0.15, -0.1) is 0 Å². The van der Waals surface area contributed by atoms with Gasteiger partial charge in [-0.2, -0.15) is 0 Å². The molecule has 0 radical (unpaired) electrons. The first-order valence-corrected chi connectivity index (χ1v) is 14.7. The highest BCUT2D eigenvalue weighted by atomic mass is 16.8. The monoisotopic (exact) mass is 652 g/mol. The highest BCUT2D eigenvalue weighted by Gasteiger charge is 2.50. The highest BCUT2D eigenvalue weighted by Crippen LogP contribution is 2.48. The second-order valence-corrected chi connectivity index (χ2v) is 11.0. The Labute approximate surface area is 267 Å². The lowest BCUT2D eigenvalue weighted by atomic mass is 9.87. The van der Waals surface area contributed by atoms with E-state index >= 15 is 0 Å². The predicted octanol–water partition coefficient (Wildman–Crippen LogP) is 3.01. The number of carbonyl (C=O) groups is 3. The van der Waals surface area contributed by atoms with Gasteiger partial charge in [-0.05, 0) is 53.3 Å². The summed E-state index contributed by atoms with van der Waals surface area (Å²) in [5, 5.41) is 32.1. The number of aliphatic hydroxyl groups excluding tert-OH is 3. The minimum absolute atomic E-state index is 0.0359. The highest BCUT2D eigenvalue weighted by molar-refractivity contribution is 6.13. The average molecular weight is 653 g/mol. The van der Waals surface area contributed by atoms with Crippen LogP contribution in [0.15, 0.2) is 43.0 Å². The van der Waals surface area contributed by atoms with Gasteiger partial charge in [-0.1, -0.05) is 18.7 Å². The van der Waals surface area contributed by atoms with Crippen LogP contribution in [0.25, 0.3) is 21.9 Å². The largest absolute Gasteiger partial charge is 0.509 e. The van der Waals surface area contributed by atoms with E-state index in [1.807, 2.05) is 0 Å². The van der Waals surface area contributed by atoms with Crippen molar-refractivity contribution in [3.63, 3.8) is 0 Å². The fourth-order valence-electron chi connectivity index (χ4n) is 5.92. The molecule has 0 saturated carbocycles. The second kappa shape index (κ2) is 13.1. The molecule has 0 aromatic heterocycles. The molecule has 6 rings (SSSR count). The van der Waals surface area contributed by atoms with E-state index in [0.717, 1.165) is 6.92 Å². The molecule has 1 fully saturated rings. The van der Waals surface area contributed by atoms with Gasteiger partial charge < -0.3 is 53.2 Å². The average Bonchev–Trinajstić information content (AvgIpc) is 3.69. The van der Waals surface area contributed by atoms with Gasteiger partial charge in [-0.25, -0.2) is 9.59 Å². The number of benzene rings is 3. The molecule has 14 nitrogen and oxygen atoms in total. The molecule has 1 saturated heterocycles. The number of hydrogen-bond donors (Lipinski definition) is 3. The molecular weight excluding hydrogens is 620 g/mol. The summed E-state index contributed by atoms with van der Waals surface area (Å²) in [5.74, 6) is -0.344. The zero-order valence-corrected chi connectivity index (χ0v) is 25.4. The Bertz CT molecular complexity index is 1750. The van der Waals surface area contributed by atoms with E-state index < -0.39 is 62.0 Å². The third-order valence-corrected chi connectivity index (χ3v) is 8.08. The van der Waals surface area contributed by atoms with Crippen molar-refractivity contribution >= 4 is 28.9 Å². The van der Waals surface area contributed by atoms with E-state index in [1.54, 1.807) is 30.3 Å². The Kier molecular flexibility index (Phi) is 8.92. The Morgan fingerprint density at radius 3 is 2.40 bits per heavy atom. The number of hydrogen-bond acceptors (Lipinski definition) is 14. The number of fused-ring (bicyclic) bond motifs is 3. The Morgan fingerprint density at radius 2 is 1.70 bits per heavy atom.